The second-order valence-electron chi connectivity index (χ2n) is 3.14. The highest BCUT2D eigenvalue weighted by molar-refractivity contribution is 6.75. The maximum absolute atomic E-state index is 12.8. The van der Waals surface area contributed by atoms with E-state index in [0.29, 0.717) is 0 Å². The molecule has 0 spiro atoms. The van der Waals surface area contributed by atoms with Crippen LogP contribution in [0.5, 0.6) is 0 Å². The number of hydrogen-bond donors (Lipinski definition) is 0. The van der Waals surface area contributed by atoms with E-state index < -0.39 is 18.3 Å². The van der Waals surface area contributed by atoms with Gasteiger partial charge in [-0.2, -0.15) is 0 Å². The first kappa shape index (κ1) is 9.95. The van der Waals surface area contributed by atoms with Gasteiger partial charge >= 0.3 is 6.98 Å². The normalized spacial score (nSPS) is 12.0. The number of nitrogens with zero attached hydrogens (tertiary/aromatic N) is 1. The van der Waals surface area contributed by atoms with Crippen molar-refractivity contribution in [3.63, 3.8) is 0 Å². The molecule has 1 nitrogen and oxygen atoms in total. The summed E-state index contributed by atoms with van der Waals surface area (Å²) in [6, 6.07) is 4.03. The third-order valence-corrected chi connectivity index (χ3v) is 2.09. The van der Waals surface area contributed by atoms with Gasteiger partial charge in [0.2, 0.25) is 0 Å². The van der Waals surface area contributed by atoms with Crippen LogP contribution in [0.25, 0.3) is 10.9 Å². The first-order valence-corrected chi connectivity index (χ1v) is 4.22. The van der Waals surface area contributed by atoms with Gasteiger partial charge in [-0.1, -0.05) is 11.5 Å². The molecule has 0 aliphatic carbocycles. The summed E-state index contributed by atoms with van der Waals surface area (Å²) in [6.07, 6.45) is 1.07. The van der Waals surface area contributed by atoms with Gasteiger partial charge in [-0.15, -0.1) is 0 Å². The molecule has 0 atom stereocenters. The topological polar surface area (TPSA) is 12.9 Å². The fourth-order valence-electron chi connectivity index (χ4n) is 1.43. The molecule has 0 N–H and O–H groups in total. The lowest BCUT2D eigenvalue weighted by atomic mass is 9.78. The number of fused-ring (bicyclic) bond motifs is 1. The summed E-state index contributed by atoms with van der Waals surface area (Å²) in [5.41, 5.74) is -0.660. The minimum atomic E-state index is -5.14. The Bertz CT molecular complexity index is 509. The molecule has 1 aromatic heterocycles. The van der Waals surface area contributed by atoms with Gasteiger partial charge in [0.15, 0.2) is 0 Å². The zero-order valence-electron chi connectivity index (χ0n) is 7.42. The van der Waals surface area contributed by atoms with Crippen molar-refractivity contribution in [1.29, 1.82) is 0 Å². The molecule has 0 unspecified atom stereocenters. The first-order chi connectivity index (χ1) is 6.98. The van der Waals surface area contributed by atoms with E-state index in [0.717, 1.165) is 24.4 Å². The predicted molar refractivity (Wildman–Crippen MR) is 50.4 cm³/mol. The summed E-state index contributed by atoms with van der Waals surface area (Å²) in [4.78, 5) is 3.74. The van der Waals surface area contributed by atoms with Gasteiger partial charge in [0, 0.05) is 6.20 Å². The molecule has 2 rings (SSSR count). The van der Waals surface area contributed by atoms with Crippen LogP contribution in [-0.2, 0) is 0 Å². The lowest BCUT2D eigenvalue weighted by Gasteiger charge is -2.16. The van der Waals surface area contributed by atoms with E-state index in [4.69, 9.17) is 0 Å². The van der Waals surface area contributed by atoms with Crippen LogP contribution >= 0.6 is 0 Å². The molecule has 15 heavy (non-hydrogen) atoms. The van der Waals surface area contributed by atoms with Crippen LogP contribution in [0.3, 0.4) is 0 Å². The SMILES string of the molecule is Fc1ccc2nccc([B-](F)(F)F)c2c1. The molecule has 2 aromatic rings. The van der Waals surface area contributed by atoms with Gasteiger partial charge in [0.05, 0.1) is 5.52 Å². The molecule has 0 aliphatic rings. The van der Waals surface area contributed by atoms with Crippen molar-refractivity contribution >= 4 is 23.3 Å². The number of benzene rings is 1. The van der Waals surface area contributed by atoms with Crippen LogP contribution in [0.1, 0.15) is 0 Å². The molecule has 0 amide bonds. The highest BCUT2D eigenvalue weighted by atomic mass is 19.4. The average molecular weight is 214 g/mol. The lowest BCUT2D eigenvalue weighted by Crippen LogP contribution is -2.34. The van der Waals surface area contributed by atoms with E-state index in [9.17, 15) is 17.3 Å². The standard InChI is InChI=1S/C9H5BF4N/c11-6-1-2-9-7(5-6)8(3-4-15-9)10(12,13)14/h1-5H/q-1. The van der Waals surface area contributed by atoms with Crippen molar-refractivity contribution in [3.8, 4) is 0 Å². The average Bonchev–Trinajstić information content (AvgIpc) is 2.15. The Morgan fingerprint density at radius 2 is 1.80 bits per heavy atom. The molecule has 0 bridgehead atoms. The van der Waals surface area contributed by atoms with Gasteiger partial charge in [0.25, 0.3) is 0 Å². The van der Waals surface area contributed by atoms with Gasteiger partial charge in [0.1, 0.15) is 5.82 Å². The monoisotopic (exact) mass is 214 g/mol. The van der Waals surface area contributed by atoms with E-state index in [1.165, 1.54) is 6.07 Å². The molecule has 0 saturated carbocycles. The van der Waals surface area contributed by atoms with Gasteiger partial charge in [-0.3, -0.25) is 4.98 Å². The number of hydrogen-bond acceptors (Lipinski definition) is 1. The van der Waals surface area contributed by atoms with Crippen molar-refractivity contribution in [2.45, 2.75) is 0 Å². The van der Waals surface area contributed by atoms with Crippen LogP contribution in [0.4, 0.5) is 17.3 Å². The fourth-order valence-corrected chi connectivity index (χ4v) is 1.43. The Balaban J connectivity index is 2.80. The van der Waals surface area contributed by atoms with Crippen LogP contribution in [-0.4, -0.2) is 12.0 Å². The molecule has 0 radical (unpaired) electrons. The third kappa shape index (κ3) is 1.79. The maximum atomic E-state index is 12.8. The minimum Gasteiger partial charge on any atom is -0.445 e. The second-order valence-corrected chi connectivity index (χ2v) is 3.14. The molecule has 0 aliphatic heterocycles. The van der Waals surface area contributed by atoms with E-state index in [1.54, 1.807) is 0 Å². The lowest BCUT2D eigenvalue weighted by molar-refractivity contribution is 0.501. The molecule has 0 fully saturated rings. The molecule has 0 saturated heterocycles. The van der Waals surface area contributed by atoms with Crippen molar-refractivity contribution in [1.82, 2.24) is 4.98 Å². The van der Waals surface area contributed by atoms with E-state index in [1.807, 2.05) is 0 Å². The van der Waals surface area contributed by atoms with Gasteiger partial charge < -0.3 is 12.9 Å². The first-order valence-electron chi connectivity index (χ1n) is 4.22. The van der Waals surface area contributed by atoms with Crippen LogP contribution < -0.4 is 5.46 Å². The van der Waals surface area contributed by atoms with Gasteiger partial charge in [-0.05, 0) is 23.6 Å². The summed E-state index contributed by atoms with van der Waals surface area (Å²) < 4.78 is 50.5. The number of aromatic nitrogens is 1. The van der Waals surface area contributed by atoms with Crippen molar-refractivity contribution in [2.24, 2.45) is 0 Å². The quantitative estimate of drug-likeness (QED) is 0.524. The number of halogens is 4. The van der Waals surface area contributed by atoms with E-state index in [-0.39, 0.29) is 10.9 Å². The van der Waals surface area contributed by atoms with Crippen LogP contribution in [0.2, 0.25) is 0 Å². The summed E-state index contributed by atoms with van der Waals surface area (Å²) in [7, 11) is 0. The summed E-state index contributed by atoms with van der Waals surface area (Å²) in [5.74, 6) is -0.697. The Hall–Kier alpha value is -1.59. The zero-order chi connectivity index (χ0) is 11.1. The smallest absolute Gasteiger partial charge is 0.445 e. The Morgan fingerprint density at radius 3 is 2.47 bits per heavy atom. The Kier molecular flexibility index (Phi) is 2.14. The molecule has 78 valence electrons. The van der Waals surface area contributed by atoms with Gasteiger partial charge in [-0.25, -0.2) is 4.39 Å². The molecular weight excluding hydrogens is 209 g/mol. The Labute approximate surface area is 82.8 Å². The molecule has 1 aromatic carbocycles. The second kappa shape index (κ2) is 3.22. The third-order valence-electron chi connectivity index (χ3n) is 2.09. The number of pyridine rings is 1. The maximum Gasteiger partial charge on any atom is 0.510 e. The summed E-state index contributed by atoms with van der Waals surface area (Å²) in [6.45, 7) is -5.14. The molecule has 6 heteroatoms. The zero-order valence-corrected chi connectivity index (χ0v) is 7.42. The van der Waals surface area contributed by atoms with Crippen molar-refractivity contribution in [3.05, 3.63) is 36.3 Å². The highest BCUT2D eigenvalue weighted by Gasteiger charge is 2.27. The van der Waals surface area contributed by atoms with Crippen molar-refractivity contribution < 1.29 is 17.3 Å². The predicted octanol–water partition coefficient (Wildman–Crippen LogP) is 2.43. The van der Waals surface area contributed by atoms with Crippen LogP contribution in [0.15, 0.2) is 30.5 Å². The summed E-state index contributed by atoms with van der Waals surface area (Å²) in [5, 5.41) is -0.190. The minimum absolute atomic E-state index is 0.146. The number of rotatable bonds is 1. The van der Waals surface area contributed by atoms with Crippen LogP contribution in [0, 0.1) is 5.82 Å². The Morgan fingerprint density at radius 1 is 1.07 bits per heavy atom. The largest absolute Gasteiger partial charge is 0.510 e. The highest BCUT2D eigenvalue weighted by Crippen LogP contribution is 2.17. The van der Waals surface area contributed by atoms with E-state index >= 15 is 0 Å². The molecule has 1 heterocycles. The fraction of sp³-hybridized carbons (Fsp3) is 0. The van der Waals surface area contributed by atoms with Crippen molar-refractivity contribution in [2.75, 3.05) is 0 Å². The molecular formula is C9H5BF4N-. The summed E-state index contributed by atoms with van der Waals surface area (Å²) >= 11 is 0. The van der Waals surface area contributed by atoms with E-state index in [2.05, 4.69) is 4.98 Å².